The zero-order chi connectivity index (χ0) is 28.1. The number of nitrogens with zero attached hydrogens (tertiary/aromatic N) is 3. The summed E-state index contributed by atoms with van der Waals surface area (Å²) >= 11 is 0. The van der Waals surface area contributed by atoms with Gasteiger partial charge in [-0.2, -0.15) is 0 Å². The Morgan fingerprint density at radius 1 is 0.947 bits per heavy atom. The van der Waals surface area contributed by atoms with Crippen molar-refractivity contribution in [2.45, 2.75) is 77.5 Å². The summed E-state index contributed by atoms with van der Waals surface area (Å²) in [4.78, 5) is 58.6. The van der Waals surface area contributed by atoms with Gasteiger partial charge in [0.15, 0.2) is 5.78 Å². The molecule has 2 heterocycles. The zero-order valence-corrected chi connectivity index (χ0v) is 24.0. The molecule has 2 saturated heterocycles. The third-order valence-electron chi connectivity index (χ3n) is 7.59. The fourth-order valence-corrected chi connectivity index (χ4v) is 5.52. The number of hydrogen-bond donors (Lipinski definition) is 2. The fraction of sp³-hybridized carbons (Fsp3) is 0.655. The Morgan fingerprint density at radius 2 is 1.53 bits per heavy atom. The Morgan fingerprint density at radius 3 is 2.08 bits per heavy atom. The quantitative estimate of drug-likeness (QED) is 0.484. The number of benzene rings is 1. The van der Waals surface area contributed by atoms with Crippen molar-refractivity contribution in [2.24, 2.45) is 11.8 Å². The van der Waals surface area contributed by atoms with E-state index in [2.05, 4.69) is 24.5 Å². The van der Waals surface area contributed by atoms with Crippen LogP contribution in [0.1, 0.15) is 63.7 Å². The molecular formula is C29H45N5O4. The molecule has 1 aromatic carbocycles. The molecular weight excluding hydrogens is 482 g/mol. The molecule has 3 rings (SSSR count). The molecule has 210 valence electrons. The third-order valence-corrected chi connectivity index (χ3v) is 7.59. The summed E-state index contributed by atoms with van der Waals surface area (Å²) < 4.78 is 0. The topological polar surface area (TPSA) is 102 Å². The van der Waals surface area contributed by atoms with E-state index in [1.54, 1.807) is 29.0 Å². The molecule has 2 aliphatic heterocycles. The van der Waals surface area contributed by atoms with E-state index in [-0.39, 0.29) is 48.1 Å². The number of rotatable bonds is 10. The largest absolute Gasteiger partial charge is 0.378 e. The maximum absolute atomic E-state index is 13.7. The van der Waals surface area contributed by atoms with Crippen LogP contribution in [0.5, 0.6) is 0 Å². The Hall–Kier alpha value is -2.94. The minimum absolute atomic E-state index is 0.0215. The summed E-state index contributed by atoms with van der Waals surface area (Å²) in [5.74, 6) is -0.157. The molecule has 0 spiro atoms. The van der Waals surface area contributed by atoms with Crippen LogP contribution in [0.25, 0.3) is 0 Å². The van der Waals surface area contributed by atoms with Gasteiger partial charge < -0.3 is 25.3 Å². The Balaban J connectivity index is 1.72. The molecule has 0 radical (unpaired) electrons. The Kier molecular flexibility index (Phi) is 9.93. The van der Waals surface area contributed by atoms with Gasteiger partial charge in [0.05, 0.1) is 18.6 Å². The number of likely N-dealkylation sites (N-methyl/N-ethyl adjacent to an activating group) is 1. The summed E-state index contributed by atoms with van der Waals surface area (Å²) in [6, 6.07) is 5.57. The molecule has 3 amide bonds. The van der Waals surface area contributed by atoms with Gasteiger partial charge in [0, 0.05) is 37.9 Å². The summed E-state index contributed by atoms with van der Waals surface area (Å²) in [5.41, 5.74) is 1.46. The second kappa shape index (κ2) is 12.7. The van der Waals surface area contributed by atoms with E-state index in [0.717, 1.165) is 5.69 Å². The highest BCUT2D eigenvalue weighted by Gasteiger charge is 2.46. The number of carbonyl (C=O) groups is 4. The van der Waals surface area contributed by atoms with E-state index in [1.165, 1.54) is 0 Å². The van der Waals surface area contributed by atoms with Crippen LogP contribution in [0.3, 0.4) is 0 Å². The van der Waals surface area contributed by atoms with Crippen LogP contribution in [0, 0.1) is 11.8 Å². The molecule has 2 bridgehead atoms. The molecule has 9 nitrogen and oxygen atoms in total. The molecule has 2 unspecified atom stereocenters. The van der Waals surface area contributed by atoms with Crippen LogP contribution in [0.4, 0.5) is 5.69 Å². The Labute approximate surface area is 227 Å². The molecule has 9 heteroatoms. The van der Waals surface area contributed by atoms with Gasteiger partial charge in [0.1, 0.15) is 6.04 Å². The molecule has 4 atom stereocenters. The maximum atomic E-state index is 13.7. The normalized spacial score (nSPS) is 20.9. The number of fused-ring (bicyclic) bond motifs is 2. The van der Waals surface area contributed by atoms with Crippen molar-refractivity contribution in [1.82, 2.24) is 20.4 Å². The zero-order valence-electron chi connectivity index (χ0n) is 24.0. The van der Waals surface area contributed by atoms with Crippen molar-refractivity contribution in [3.63, 3.8) is 0 Å². The molecule has 2 N–H and O–H groups in total. The predicted molar refractivity (Wildman–Crippen MR) is 149 cm³/mol. The summed E-state index contributed by atoms with van der Waals surface area (Å²) in [5, 5.41) is 6.05. The van der Waals surface area contributed by atoms with Crippen LogP contribution in [-0.2, 0) is 14.4 Å². The van der Waals surface area contributed by atoms with Gasteiger partial charge in [-0.05, 0) is 68.8 Å². The lowest BCUT2D eigenvalue weighted by molar-refractivity contribution is -0.155. The Bertz CT molecular complexity index is 1010. The van der Waals surface area contributed by atoms with E-state index < -0.39 is 12.1 Å². The van der Waals surface area contributed by atoms with Crippen LogP contribution in [-0.4, -0.2) is 91.7 Å². The number of anilines is 1. The number of ketones is 1. The molecule has 38 heavy (non-hydrogen) atoms. The van der Waals surface area contributed by atoms with Gasteiger partial charge >= 0.3 is 0 Å². The van der Waals surface area contributed by atoms with Gasteiger partial charge in [-0.25, -0.2) is 0 Å². The SMILES string of the molecule is CN[C@@H](CC(C)C)C(=O)N1CC(=O)C2C[C@H]1CCN2C(=O)C(CC(C)C)NC(=O)c1ccc(N(C)C)cc1. The van der Waals surface area contributed by atoms with E-state index in [4.69, 9.17) is 0 Å². The van der Waals surface area contributed by atoms with Crippen molar-refractivity contribution in [3.05, 3.63) is 29.8 Å². The van der Waals surface area contributed by atoms with Gasteiger partial charge in [-0.1, -0.05) is 27.7 Å². The average Bonchev–Trinajstić information content (AvgIpc) is 2.87. The second-order valence-electron chi connectivity index (χ2n) is 11.7. The smallest absolute Gasteiger partial charge is 0.251 e. The first kappa shape index (κ1) is 29.6. The predicted octanol–water partition coefficient (Wildman–Crippen LogP) is 2.30. The lowest BCUT2D eigenvalue weighted by atomic mass is 9.86. The van der Waals surface area contributed by atoms with Crippen molar-refractivity contribution >= 4 is 29.2 Å². The molecule has 0 aliphatic carbocycles. The number of Topliss-reactive ketones (excluding diaryl/α,β-unsaturated/α-hetero) is 1. The van der Waals surface area contributed by atoms with E-state index >= 15 is 0 Å². The molecule has 2 fully saturated rings. The van der Waals surface area contributed by atoms with Gasteiger partial charge in [0.2, 0.25) is 11.8 Å². The van der Waals surface area contributed by atoms with Gasteiger partial charge in [-0.3, -0.25) is 19.2 Å². The highest BCUT2D eigenvalue weighted by atomic mass is 16.2. The summed E-state index contributed by atoms with van der Waals surface area (Å²) in [7, 11) is 5.64. The number of hydrogen-bond acceptors (Lipinski definition) is 6. The van der Waals surface area contributed by atoms with Crippen molar-refractivity contribution in [3.8, 4) is 0 Å². The minimum atomic E-state index is -0.722. The van der Waals surface area contributed by atoms with Crippen molar-refractivity contribution in [1.29, 1.82) is 0 Å². The van der Waals surface area contributed by atoms with Crippen molar-refractivity contribution in [2.75, 3.05) is 39.1 Å². The number of likely N-dealkylation sites (tertiary alicyclic amines) is 2. The number of nitrogens with one attached hydrogen (secondary N) is 2. The lowest BCUT2D eigenvalue weighted by Crippen LogP contribution is -2.66. The van der Waals surface area contributed by atoms with E-state index in [0.29, 0.717) is 43.7 Å². The van der Waals surface area contributed by atoms with Gasteiger partial charge in [0.25, 0.3) is 5.91 Å². The molecule has 2 aliphatic rings. The number of carbonyl (C=O) groups excluding carboxylic acids is 4. The summed E-state index contributed by atoms with van der Waals surface area (Å²) in [6.07, 6.45) is 2.25. The van der Waals surface area contributed by atoms with Crippen molar-refractivity contribution < 1.29 is 19.2 Å². The maximum Gasteiger partial charge on any atom is 0.251 e. The fourth-order valence-electron chi connectivity index (χ4n) is 5.52. The number of amides is 3. The minimum Gasteiger partial charge on any atom is -0.378 e. The highest BCUT2D eigenvalue weighted by molar-refractivity contribution is 6.00. The third kappa shape index (κ3) is 6.92. The molecule has 1 aromatic rings. The first-order valence-corrected chi connectivity index (χ1v) is 13.8. The highest BCUT2D eigenvalue weighted by Crippen LogP contribution is 2.30. The summed E-state index contributed by atoms with van der Waals surface area (Å²) in [6.45, 7) is 8.58. The second-order valence-corrected chi connectivity index (χ2v) is 11.7. The molecule has 0 saturated carbocycles. The van der Waals surface area contributed by atoms with Crippen LogP contribution >= 0.6 is 0 Å². The van der Waals surface area contributed by atoms with Gasteiger partial charge in [-0.15, -0.1) is 0 Å². The standard InChI is InChI=1S/C29H45N5O4/c1-18(2)14-23(30-5)28(37)34-17-26(35)25-16-22(34)12-13-33(25)29(38)24(15-19(3)4)31-27(36)20-8-10-21(11-9-20)32(6)7/h8-11,18-19,22-25,30H,12-17H2,1-7H3,(H,31,36)/t22-,23+,24?,25?/m1/s1. The lowest BCUT2D eigenvalue weighted by Gasteiger charge is -2.48. The molecule has 0 aromatic heterocycles. The van der Waals surface area contributed by atoms with Crippen LogP contribution < -0.4 is 15.5 Å². The van der Waals surface area contributed by atoms with E-state index in [9.17, 15) is 19.2 Å². The van der Waals surface area contributed by atoms with Crippen LogP contribution in [0.15, 0.2) is 24.3 Å². The van der Waals surface area contributed by atoms with Crippen LogP contribution in [0.2, 0.25) is 0 Å². The monoisotopic (exact) mass is 527 g/mol. The number of piperidine rings is 2. The average molecular weight is 528 g/mol. The first-order valence-electron chi connectivity index (χ1n) is 13.8. The van der Waals surface area contributed by atoms with E-state index in [1.807, 2.05) is 45.0 Å². The first-order chi connectivity index (χ1) is 17.9.